The number of aromatic nitrogens is 4. The second-order valence-electron chi connectivity index (χ2n) is 10.5. The first-order valence-electron chi connectivity index (χ1n) is 13.3. The van der Waals surface area contributed by atoms with Gasteiger partial charge < -0.3 is 24.4 Å². The van der Waals surface area contributed by atoms with E-state index in [0.29, 0.717) is 11.1 Å². The second kappa shape index (κ2) is 12.7. The molecule has 4 atom stereocenters. The van der Waals surface area contributed by atoms with Gasteiger partial charge in [0.05, 0.1) is 29.9 Å². The number of carbonyl (C=O) groups is 4. The van der Waals surface area contributed by atoms with Crippen molar-refractivity contribution >= 4 is 29.6 Å². The first-order valence-corrected chi connectivity index (χ1v) is 13.3. The van der Waals surface area contributed by atoms with Crippen molar-refractivity contribution in [2.45, 2.75) is 52.8 Å². The van der Waals surface area contributed by atoms with Crippen molar-refractivity contribution in [2.75, 3.05) is 13.2 Å². The minimum absolute atomic E-state index is 0.0438. The van der Waals surface area contributed by atoms with Gasteiger partial charge in [0.15, 0.2) is 5.82 Å². The molecule has 1 aromatic heterocycles. The number of esters is 1. The smallest absolute Gasteiger partial charge is 0.456 e. The van der Waals surface area contributed by atoms with Crippen LogP contribution in [-0.4, -0.2) is 79.7 Å². The molecule has 16 nitrogen and oxygen atoms in total. The lowest BCUT2D eigenvalue weighted by Crippen LogP contribution is -2.66. The van der Waals surface area contributed by atoms with Crippen molar-refractivity contribution < 1.29 is 38.3 Å². The van der Waals surface area contributed by atoms with Crippen LogP contribution in [0.4, 0.5) is 10.5 Å². The maximum absolute atomic E-state index is 13.4. The van der Waals surface area contributed by atoms with Crippen molar-refractivity contribution in [3.63, 3.8) is 0 Å². The summed E-state index contributed by atoms with van der Waals surface area (Å²) in [6.07, 6.45) is -1.05. The fraction of sp³-hybridized carbons (Fsp3) is 0.500. The van der Waals surface area contributed by atoms with E-state index >= 15 is 0 Å². The molecule has 4 rings (SSSR count). The molecule has 2 N–H and O–H groups in total. The number of carbonyl (C=O) groups excluding carboxylic acids is 4. The predicted molar refractivity (Wildman–Crippen MR) is 141 cm³/mol. The largest absolute Gasteiger partial charge is 0.508 e. The topological polar surface area (TPSA) is 209 Å². The maximum Gasteiger partial charge on any atom is 0.508 e. The fourth-order valence-electron chi connectivity index (χ4n) is 4.98. The minimum Gasteiger partial charge on any atom is -0.456 e. The number of amides is 2. The number of H-pyrrole nitrogens is 1. The number of nitro groups is 1. The Morgan fingerprint density at radius 2 is 1.83 bits per heavy atom. The summed E-state index contributed by atoms with van der Waals surface area (Å²) < 4.78 is 15.8. The molecular weight excluding hydrogens is 554 g/mol. The van der Waals surface area contributed by atoms with Gasteiger partial charge in [0.1, 0.15) is 18.9 Å². The lowest BCUT2D eigenvalue weighted by molar-refractivity contribution is -0.384. The summed E-state index contributed by atoms with van der Waals surface area (Å²) in [5.74, 6) is -2.45. The van der Waals surface area contributed by atoms with Gasteiger partial charge in [-0.25, -0.2) is 9.59 Å². The molecule has 0 unspecified atom stereocenters. The van der Waals surface area contributed by atoms with Gasteiger partial charge in [-0.1, -0.05) is 26.0 Å². The number of aromatic amines is 1. The van der Waals surface area contributed by atoms with Crippen LogP contribution in [0.25, 0.3) is 0 Å². The van der Waals surface area contributed by atoms with Crippen LogP contribution >= 0.6 is 0 Å². The lowest BCUT2D eigenvalue weighted by atomic mass is 9.76. The van der Waals surface area contributed by atoms with Crippen LogP contribution in [0, 0.1) is 27.9 Å². The highest BCUT2D eigenvalue weighted by atomic mass is 16.7. The first kappa shape index (κ1) is 30.1. The normalized spacial score (nSPS) is 20.1. The second-order valence-corrected chi connectivity index (χ2v) is 10.5. The molecule has 3 heterocycles. The zero-order chi connectivity index (χ0) is 30.6. The van der Waals surface area contributed by atoms with Crippen molar-refractivity contribution in [3.8, 4) is 0 Å². The number of nitrogens with one attached hydrogen (secondary N) is 2. The van der Waals surface area contributed by atoms with Crippen molar-refractivity contribution in [3.05, 3.63) is 57.0 Å². The molecule has 1 fully saturated rings. The van der Waals surface area contributed by atoms with E-state index in [9.17, 15) is 29.3 Å². The molecule has 16 heteroatoms. The molecule has 2 aromatic rings. The maximum atomic E-state index is 13.4. The van der Waals surface area contributed by atoms with E-state index in [0.717, 1.165) is 0 Å². The molecule has 0 saturated carbocycles. The summed E-state index contributed by atoms with van der Waals surface area (Å²) >= 11 is 0. The summed E-state index contributed by atoms with van der Waals surface area (Å²) in [5.41, 5.74) is 0.715. The van der Waals surface area contributed by atoms with E-state index in [1.54, 1.807) is 13.8 Å². The molecule has 2 amide bonds. The zero-order valence-electron chi connectivity index (χ0n) is 23.4. The average molecular weight is 586 g/mol. The summed E-state index contributed by atoms with van der Waals surface area (Å²) in [6.45, 7) is 6.84. The van der Waals surface area contributed by atoms with Crippen LogP contribution in [0.1, 0.15) is 39.1 Å². The number of nitro benzene ring substituents is 1. The van der Waals surface area contributed by atoms with Gasteiger partial charge >= 0.3 is 12.1 Å². The van der Waals surface area contributed by atoms with Crippen molar-refractivity contribution in [1.82, 2.24) is 30.8 Å². The summed E-state index contributed by atoms with van der Waals surface area (Å²) in [5, 5.41) is 26.9. The number of benzene rings is 1. The van der Waals surface area contributed by atoms with Gasteiger partial charge in [0, 0.05) is 29.7 Å². The van der Waals surface area contributed by atoms with Crippen LogP contribution in [0.5, 0.6) is 0 Å². The highest BCUT2D eigenvalue weighted by Gasteiger charge is 2.60. The van der Waals surface area contributed by atoms with E-state index < -0.39 is 52.8 Å². The number of nitrogens with zero attached hydrogens (tertiary/aromatic N) is 5. The Hall–Kier alpha value is -4.89. The number of tetrazole rings is 1. The number of hydrogen-bond acceptors (Lipinski definition) is 12. The summed E-state index contributed by atoms with van der Waals surface area (Å²) in [7, 11) is 0. The summed E-state index contributed by atoms with van der Waals surface area (Å²) in [4.78, 5) is 63.1. The molecule has 0 aliphatic carbocycles. The molecule has 2 aliphatic heterocycles. The van der Waals surface area contributed by atoms with E-state index in [1.165, 1.54) is 29.2 Å². The Kier molecular flexibility index (Phi) is 9.12. The third kappa shape index (κ3) is 6.53. The molecule has 224 valence electrons. The molecule has 42 heavy (non-hydrogen) atoms. The van der Waals surface area contributed by atoms with E-state index in [-0.39, 0.29) is 49.4 Å². The van der Waals surface area contributed by atoms with Crippen LogP contribution < -0.4 is 5.32 Å². The average Bonchev–Trinajstić information content (AvgIpc) is 3.53. The molecule has 2 aliphatic rings. The van der Waals surface area contributed by atoms with Crippen LogP contribution in [0.3, 0.4) is 0 Å². The number of non-ortho nitro benzene ring substituents is 1. The molecule has 1 saturated heterocycles. The Morgan fingerprint density at radius 3 is 2.45 bits per heavy atom. The highest BCUT2D eigenvalue weighted by Crippen LogP contribution is 2.47. The molecule has 0 bridgehead atoms. The Balaban J connectivity index is 1.49. The molecule has 1 aromatic carbocycles. The summed E-state index contributed by atoms with van der Waals surface area (Å²) in [6, 6.07) is 4.38. The third-order valence-corrected chi connectivity index (χ3v) is 7.02. The van der Waals surface area contributed by atoms with Gasteiger partial charge in [-0.15, -0.1) is 10.2 Å². The van der Waals surface area contributed by atoms with Gasteiger partial charge in [0.25, 0.3) is 5.69 Å². The number of rotatable bonds is 12. The predicted octanol–water partition coefficient (Wildman–Crippen LogP) is 1.44. The van der Waals surface area contributed by atoms with Crippen LogP contribution in [-0.2, 0) is 41.6 Å². The van der Waals surface area contributed by atoms with E-state index in [2.05, 4.69) is 25.9 Å². The number of hydrogen-bond donors (Lipinski definition) is 2. The SMILES string of the molecule is CC(C)COC(=O)OCC1=C(C(=O)OCc2ccc([N+](=O)[O-])cc2)N2C(=O)[C@H]([C@@H](C)NC(=O)Cc3nn[nH]n3)[C@H]2[C@@H]1C. The number of β-lactam (4-membered cyclic amide) rings is 1. The van der Waals surface area contributed by atoms with Gasteiger partial charge in [-0.3, -0.25) is 19.7 Å². The molecule has 0 radical (unpaired) electrons. The van der Waals surface area contributed by atoms with Gasteiger partial charge in [-0.2, -0.15) is 5.21 Å². The number of fused-ring (bicyclic) bond motifs is 1. The zero-order valence-corrected chi connectivity index (χ0v) is 23.4. The standard InChI is InChI=1S/C26H31N7O9/c1-13(2)10-41-26(37)42-12-18-14(3)22-21(15(4)27-20(34)9-19-28-30-31-29-19)24(35)32(22)23(18)25(36)40-11-16-5-7-17(8-6-16)33(38)39/h5-8,13-15,21-22H,9-12H2,1-4H3,(H,27,34)(H,28,29,30,31)/t14-,15-,21-,22-/m1/s1. The van der Waals surface area contributed by atoms with Crippen molar-refractivity contribution in [1.29, 1.82) is 0 Å². The first-order chi connectivity index (χ1) is 20.0. The van der Waals surface area contributed by atoms with Gasteiger partial charge in [-0.05, 0) is 30.5 Å². The molecule has 0 spiro atoms. The fourth-order valence-corrected chi connectivity index (χ4v) is 4.98. The Morgan fingerprint density at radius 1 is 1.12 bits per heavy atom. The minimum atomic E-state index is -0.916. The van der Waals surface area contributed by atoms with Gasteiger partial charge in [0.2, 0.25) is 11.8 Å². The van der Waals surface area contributed by atoms with E-state index in [4.69, 9.17) is 14.2 Å². The quantitative estimate of drug-likeness (QED) is 0.157. The van der Waals surface area contributed by atoms with Crippen LogP contribution in [0.2, 0.25) is 0 Å². The third-order valence-electron chi connectivity index (χ3n) is 7.02. The lowest BCUT2D eigenvalue weighted by Gasteiger charge is -2.48. The Labute approximate surface area is 239 Å². The Bertz CT molecular complexity index is 1370. The van der Waals surface area contributed by atoms with Crippen molar-refractivity contribution in [2.24, 2.45) is 17.8 Å². The van der Waals surface area contributed by atoms with E-state index in [1.807, 2.05) is 13.8 Å². The highest BCUT2D eigenvalue weighted by molar-refractivity contribution is 6.01. The number of ether oxygens (including phenoxy) is 3. The van der Waals surface area contributed by atoms with Crippen LogP contribution in [0.15, 0.2) is 35.5 Å². The monoisotopic (exact) mass is 585 g/mol. The molecular formula is C26H31N7O9.